The zero-order valence-electron chi connectivity index (χ0n) is 10.1. The van der Waals surface area contributed by atoms with Gasteiger partial charge in [-0.1, -0.05) is 30.3 Å². The molecule has 0 spiro atoms. The predicted octanol–water partition coefficient (Wildman–Crippen LogP) is 2.26. The third-order valence-corrected chi connectivity index (χ3v) is 2.67. The summed E-state index contributed by atoms with van der Waals surface area (Å²) in [7, 11) is 1.88. The van der Waals surface area contributed by atoms with E-state index in [0.29, 0.717) is 12.2 Å². The van der Waals surface area contributed by atoms with Crippen LogP contribution >= 0.6 is 0 Å². The molecule has 0 fully saturated rings. The molecule has 1 N–H and O–H groups in total. The number of aryl methyl sites for hydroxylation is 2. The lowest BCUT2D eigenvalue weighted by Crippen LogP contribution is -2.24. The fourth-order valence-electron chi connectivity index (χ4n) is 1.82. The quantitative estimate of drug-likeness (QED) is 0.859. The van der Waals surface area contributed by atoms with Gasteiger partial charge in [-0.05, 0) is 24.1 Å². The van der Waals surface area contributed by atoms with Crippen LogP contribution in [0.3, 0.4) is 0 Å². The summed E-state index contributed by atoms with van der Waals surface area (Å²) in [5.41, 5.74) is 2.89. The molecule has 17 heavy (non-hydrogen) atoms. The van der Waals surface area contributed by atoms with Gasteiger partial charge >= 0.3 is 0 Å². The fraction of sp³-hybridized carbons (Fsp3) is 0.214. The third kappa shape index (κ3) is 2.75. The lowest BCUT2D eigenvalue weighted by atomic mass is 10.2. The van der Waals surface area contributed by atoms with Gasteiger partial charge in [-0.2, -0.15) is 0 Å². The Morgan fingerprint density at radius 3 is 2.59 bits per heavy atom. The number of carbonyl (C=O) groups excluding carboxylic acids is 1. The highest BCUT2D eigenvalue weighted by atomic mass is 16.1. The van der Waals surface area contributed by atoms with Crippen molar-refractivity contribution in [1.29, 1.82) is 0 Å². The van der Waals surface area contributed by atoms with Gasteiger partial charge in [0.25, 0.3) is 5.91 Å². The number of rotatable bonds is 3. The van der Waals surface area contributed by atoms with Crippen molar-refractivity contribution >= 4 is 5.91 Å². The summed E-state index contributed by atoms with van der Waals surface area (Å²) < 4.78 is 1.84. The predicted molar refractivity (Wildman–Crippen MR) is 67.8 cm³/mol. The highest BCUT2D eigenvalue weighted by molar-refractivity contribution is 5.92. The summed E-state index contributed by atoms with van der Waals surface area (Å²) in [5, 5.41) is 2.91. The van der Waals surface area contributed by atoms with Crippen LogP contribution < -0.4 is 5.32 Å². The zero-order chi connectivity index (χ0) is 12.3. The minimum absolute atomic E-state index is 0.0375. The Kier molecular flexibility index (Phi) is 3.28. The fourth-order valence-corrected chi connectivity index (χ4v) is 1.82. The maximum Gasteiger partial charge on any atom is 0.268 e. The average molecular weight is 228 g/mol. The third-order valence-electron chi connectivity index (χ3n) is 2.67. The van der Waals surface area contributed by atoms with Crippen LogP contribution in [0.25, 0.3) is 0 Å². The summed E-state index contributed by atoms with van der Waals surface area (Å²) >= 11 is 0. The van der Waals surface area contributed by atoms with Crippen LogP contribution in [0.1, 0.15) is 21.6 Å². The Hall–Kier alpha value is -2.03. The highest BCUT2D eigenvalue weighted by Crippen LogP contribution is 2.06. The van der Waals surface area contributed by atoms with E-state index in [4.69, 9.17) is 0 Å². The first-order valence-electron chi connectivity index (χ1n) is 5.62. The average Bonchev–Trinajstić information content (AvgIpc) is 2.67. The van der Waals surface area contributed by atoms with Gasteiger partial charge in [-0.25, -0.2) is 0 Å². The lowest BCUT2D eigenvalue weighted by molar-refractivity contribution is 0.0943. The number of hydrogen-bond acceptors (Lipinski definition) is 1. The van der Waals surface area contributed by atoms with Gasteiger partial charge in [0, 0.05) is 19.8 Å². The van der Waals surface area contributed by atoms with Gasteiger partial charge in [0.2, 0.25) is 0 Å². The van der Waals surface area contributed by atoms with Crippen LogP contribution in [0.15, 0.2) is 42.6 Å². The number of nitrogens with zero attached hydrogens (tertiary/aromatic N) is 1. The minimum Gasteiger partial charge on any atom is -0.347 e. The monoisotopic (exact) mass is 228 g/mol. The second-order valence-corrected chi connectivity index (χ2v) is 4.18. The Balaban J connectivity index is 2.01. The van der Waals surface area contributed by atoms with E-state index in [1.165, 1.54) is 0 Å². The molecule has 0 aliphatic heterocycles. The summed E-state index contributed by atoms with van der Waals surface area (Å²) in [4.78, 5) is 11.9. The summed E-state index contributed by atoms with van der Waals surface area (Å²) in [6.07, 6.45) is 1.94. The Labute approximate surface area is 101 Å². The van der Waals surface area contributed by atoms with Crippen LogP contribution in [0.5, 0.6) is 0 Å². The summed E-state index contributed by atoms with van der Waals surface area (Å²) in [5.74, 6) is -0.0375. The van der Waals surface area contributed by atoms with E-state index in [-0.39, 0.29) is 5.91 Å². The summed E-state index contributed by atoms with van der Waals surface area (Å²) in [6.45, 7) is 2.54. The van der Waals surface area contributed by atoms with Crippen molar-refractivity contribution in [2.75, 3.05) is 0 Å². The second-order valence-electron chi connectivity index (χ2n) is 4.18. The molecule has 0 radical (unpaired) electrons. The van der Waals surface area contributed by atoms with Crippen molar-refractivity contribution < 1.29 is 4.79 Å². The van der Waals surface area contributed by atoms with E-state index >= 15 is 0 Å². The Morgan fingerprint density at radius 1 is 1.29 bits per heavy atom. The van der Waals surface area contributed by atoms with E-state index < -0.39 is 0 Å². The van der Waals surface area contributed by atoms with Crippen LogP contribution in [-0.4, -0.2) is 10.5 Å². The van der Waals surface area contributed by atoms with Gasteiger partial charge in [-0.15, -0.1) is 0 Å². The molecule has 0 saturated heterocycles. The van der Waals surface area contributed by atoms with Crippen LogP contribution in [0.2, 0.25) is 0 Å². The molecule has 0 atom stereocenters. The molecular weight excluding hydrogens is 212 g/mol. The molecule has 2 rings (SSSR count). The number of aromatic nitrogens is 1. The maximum absolute atomic E-state index is 11.9. The van der Waals surface area contributed by atoms with E-state index in [9.17, 15) is 4.79 Å². The first-order valence-corrected chi connectivity index (χ1v) is 5.62. The standard InChI is InChI=1S/C14H16N2O/c1-11-8-13(16(2)10-11)14(17)15-9-12-6-4-3-5-7-12/h3-8,10H,9H2,1-2H3,(H,15,17). The largest absolute Gasteiger partial charge is 0.347 e. The maximum atomic E-state index is 11.9. The number of benzene rings is 1. The molecule has 3 nitrogen and oxygen atoms in total. The van der Waals surface area contributed by atoms with E-state index in [0.717, 1.165) is 11.1 Å². The van der Waals surface area contributed by atoms with Crippen molar-refractivity contribution in [3.05, 3.63) is 59.4 Å². The molecule has 0 unspecified atom stereocenters. The Morgan fingerprint density at radius 2 is 2.00 bits per heavy atom. The molecule has 1 heterocycles. The molecule has 88 valence electrons. The molecule has 0 bridgehead atoms. The Bertz CT molecular complexity index is 514. The van der Waals surface area contributed by atoms with E-state index in [2.05, 4.69) is 5.32 Å². The molecule has 0 aliphatic rings. The van der Waals surface area contributed by atoms with Gasteiger partial charge < -0.3 is 9.88 Å². The lowest BCUT2D eigenvalue weighted by Gasteiger charge is -2.05. The van der Waals surface area contributed by atoms with Crippen molar-refractivity contribution in [1.82, 2.24) is 9.88 Å². The van der Waals surface area contributed by atoms with Crippen LogP contribution in [0.4, 0.5) is 0 Å². The van der Waals surface area contributed by atoms with Crippen molar-refractivity contribution in [3.8, 4) is 0 Å². The van der Waals surface area contributed by atoms with Crippen molar-refractivity contribution in [2.45, 2.75) is 13.5 Å². The summed E-state index contributed by atoms with van der Waals surface area (Å²) in [6, 6.07) is 11.8. The molecule has 1 aromatic carbocycles. The van der Waals surface area contributed by atoms with Gasteiger partial charge in [0.1, 0.15) is 5.69 Å². The molecular formula is C14H16N2O. The van der Waals surface area contributed by atoms with Gasteiger partial charge in [0.15, 0.2) is 0 Å². The van der Waals surface area contributed by atoms with E-state index in [1.54, 1.807) is 0 Å². The molecule has 3 heteroatoms. The second kappa shape index (κ2) is 4.87. The van der Waals surface area contributed by atoms with Gasteiger partial charge in [0.05, 0.1) is 0 Å². The van der Waals surface area contributed by atoms with Crippen LogP contribution in [-0.2, 0) is 13.6 Å². The number of nitrogens with one attached hydrogen (secondary N) is 1. The van der Waals surface area contributed by atoms with Crippen molar-refractivity contribution in [3.63, 3.8) is 0 Å². The first-order chi connectivity index (χ1) is 8.16. The molecule has 1 aromatic heterocycles. The number of carbonyl (C=O) groups is 1. The molecule has 0 saturated carbocycles. The smallest absolute Gasteiger partial charge is 0.268 e. The minimum atomic E-state index is -0.0375. The first kappa shape index (κ1) is 11.5. The van der Waals surface area contributed by atoms with Crippen LogP contribution in [0, 0.1) is 6.92 Å². The normalized spacial score (nSPS) is 10.2. The SMILES string of the molecule is Cc1cc(C(=O)NCc2ccccc2)n(C)c1. The topological polar surface area (TPSA) is 34.0 Å². The molecule has 0 aliphatic carbocycles. The zero-order valence-corrected chi connectivity index (χ0v) is 10.1. The number of amides is 1. The number of hydrogen-bond donors (Lipinski definition) is 1. The van der Waals surface area contributed by atoms with Gasteiger partial charge in [-0.3, -0.25) is 4.79 Å². The molecule has 1 amide bonds. The van der Waals surface area contributed by atoms with Crippen molar-refractivity contribution in [2.24, 2.45) is 7.05 Å². The van der Waals surface area contributed by atoms with E-state index in [1.807, 2.05) is 61.1 Å². The highest BCUT2D eigenvalue weighted by Gasteiger charge is 2.09. The molecule has 2 aromatic rings.